The molecule has 0 aliphatic carbocycles. The van der Waals surface area contributed by atoms with Gasteiger partial charge in [0, 0.05) is 70.7 Å². The van der Waals surface area contributed by atoms with Crippen LogP contribution in [0.15, 0.2) is 69.9 Å². The average molecular weight is 268 g/mol. The van der Waals surface area contributed by atoms with E-state index >= 15 is 0 Å². The van der Waals surface area contributed by atoms with E-state index in [1.54, 1.807) is 6.07 Å². The number of fused-ring (bicyclic) bond motifs is 1. The second-order valence-corrected chi connectivity index (χ2v) is 3.84. The van der Waals surface area contributed by atoms with E-state index < -0.39 is 0 Å². The van der Waals surface area contributed by atoms with Crippen LogP contribution >= 0.6 is 0 Å². The van der Waals surface area contributed by atoms with Crippen LogP contribution in [0, 0.1) is 0 Å². The molecule has 2 nitrogen and oxygen atoms in total. The van der Waals surface area contributed by atoms with E-state index in [4.69, 9.17) is 4.42 Å². The molecule has 2 aromatic carbocycles. The Hall–Kier alpha value is -0.350. The van der Waals surface area contributed by atoms with Crippen LogP contribution in [-0.2, 0) is 0 Å². The molecule has 0 N–H and O–H groups in total. The second-order valence-electron chi connectivity index (χ2n) is 3.84. The largest absolute Gasteiger partial charge is 0.456 e. The summed E-state index contributed by atoms with van der Waals surface area (Å²) in [6.45, 7) is 0. The minimum absolute atomic E-state index is 0. The van der Waals surface area contributed by atoms with E-state index in [0.717, 1.165) is 5.56 Å². The van der Waals surface area contributed by atoms with Gasteiger partial charge in [-0.05, 0) is 12.1 Å². The second kappa shape index (κ2) is 7.44. The molecule has 0 amide bonds. The first-order chi connectivity index (χ1) is 8.34. The maximum Gasteiger partial charge on any atom is 0.193 e. The Bertz CT molecular complexity index is 721. The number of rotatable bonds is 1. The SMILES string of the molecule is O=c1cc(-c2ccccc2)oc2ccccc12.[Na].[Na]. The van der Waals surface area contributed by atoms with Crippen LogP contribution < -0.4 is 5.43 Å². The molecule has 3 aromatic rings. The van der Waals surface area contributed by atoms with Crippen molar-refractivity contribution in [2.45, 2.75) is 0 Å². The molecule has 0 unspecified atom stereocenters. The van der Waals surface area contributed by atoms with Crippen LogP contribution in [0.2, 0.25) is 0 Å². The van der Waals surface area contributed by atoms with Crippen LogP contribution in [0.4, 0.5) is 0 Å². The van der Waals surface area contributed by atoms with Crippen LogP contribution in [0.5, 0.6) is 0 Å². The Morgan fingerprint density at radius 2 is 1.42 bits per heavy atom. The number of para-hydroxylation sites is 1. The van der Waals surface area contributed by atoms with Crippen LogP contribution in [0.1, 0.15) is 0 Å². The fourth-order valence-corrected chi connectivity index (χ4v) is 1.85. The average Bonchev–Trinajstić information content (AvgIpc) is 2.40. The maximum absolute atomic E-state index is 11.9. The molecule has 0 spiro atoms. The monoisotopic (exact) mass is 268 g/mol. The predicted molar refractivity (Wildman–Crippen MR) is 79.4 cm³/mol. The summed E-state index contributed by atoms with van der Waals surface area (Å²) in [6.07, 6.45) is 0. The number of hydrogen-bond donors (Lipinski definition) is 0. The van der Waals surface area contributed by atoms with Gasteiger partial charge in [-0.2, -0.15) is 0 Å². The van der Waals surface area contributed by atoms with Crippen molar-refractivity contribution < 1.29 is 4.42 Å². The zero-order chi connectivity index (χ0) is 11.7. The van der Waals surface area contributed by atoms with Gasteiger partial charge in [-0.1, -0.05) is 42.5 Å². The quantitative estimate of drug-likeness (QED) is 0.635. The van der Waals surface area contributed by atoms with E-state index in [0.29, 0.717) is 16.7 Å². The molecule has 0 saturated heterocycles. The van der Waals surface area contributed by atoms with Crippen molar-refractivity contribution in [1.29, 1.82) is 0 Å². The Kier molecular flexibility index (Phi) is 6.54. The summed E-state index contributed by atoms with van der Waals surface area (Å²) in [4.78, 5) is 11.9. The van der Waals surface area contributed by atoms with Crippen molar-refractivity contribution >= 4 is 70.1 Å². The van der Waals surface area contributed by atoms with E-state index in [9.17, 15) is 4.79 Å². The van der Waals surface area contributed by atoms with Gasteiger partial charge in [0.15, 0.2) is 5.43 Å². The van der Waals surface area contributed by atoms with Crippen molar-refractivity contribution in [2.24, 2.45) is 0 Å². The summed E-state index contributed by atoms with van der Waals surface area (Å²) in [5.74, 6) is 0.606. The standard InChI is InChI=1S/C15H10O2.2Na/c16-13-10-15(11-6-2-1-3-7-11)17-14-9-5-4-8-12(13)14;;/h1-10H;;. The first kappa shape index (κ1) is 16.7. The first-order valence-corrected chi connectivity index (χ1v) is 5.43. The van der Waals surface area contributed by atoms with Crippen molar-refractivity contribution in [2.75, 3.05) is 0 Å². The maximum atomic E-state index is 11.9. The fourth-order valence-electron chi connectivity index (χ4n) is 1.85. The Labute approximate surface area is 155 Å². The fraction of sp³-hybridized carbons (Fsp3) is 0. The minimum atomic E-state index is -0.00861. The summed E-state index contributed by atoms with van der Waals surface area (Å²) in [5, 5.41) is 0.618. The van der Waals surface area contributed by atoms with Gasteiger partial charge in [0.2, 0.25) is 0 Å². The topological polar surface area (TPSA) is 30.2 Å². The number of hydrogen-bond acceptors (Lipinski definition) is 2. The molecule has 3 rings (SSSR count). The molecule has 0 saturated carbocycles. The zero-order valence-corrected chi connectivity index (χ0v) is 15.1. The van der Waals surface area contributed by atoms with Crippen molar-refractivity contribution in [3.05, 3.63) is 70.9 Å². The van der Waals surface area contributed by atoms with E-state index in [2.05, 4.69) is 0 Å². The van der Waals surface area contributed by atoms with Gasteiger partial charge < -0.3 is 4.42 Å². The van der Waals surface area contributed by atoms with Gasteiger partial charge in [-0.15, -0.1) is 0 Å². The van der Waals surface area contributed by atoms with E-state index in [1.807, 2.05) is 48.5 Å². The third-order valence-electron chi connectivity index (χ3n) is 2.69. The number of benzene rings is 2. The minimum Gasteiger partial charge on any atom is -0.456 e. The molecule has 4 heteroatoms. The normalized spacial score (nSPS) is 9.47. The summed E-state index contributed by atoms with van der Waals surface area (Å²) in [5.41, 5.74) is 1.53. The third kappa shape index (κ3) is 3.60. The molecule has 84 valence electrons. The summed E-state index contributed by atoms with van der Waals surface area (Å²) in [6, 6.07) is 18.4. The van der Waals surface area contributed by atoms with Gasteiger partial charge in [-0.3, -0.25) is 4.79 Å². The molecular formula is C15H10Na2O2. The third-order valence-corrected chi connectivity index (χ3v) is 2.69. The van der Waals surface area contributed by atoms with Crippen molar-refractivity contribution in [1.82, 2.24) is 0 Å². The molecule has 19 heavy (non-hydrogen) atoms. The molecular weight excluding hydrogens is 258 g/mol. The Balaban J connectivity index is 0.000000902. The summed E-state index contributed by atoms with van der Waals surface area (Å²) < 4.78 is 5.73. The molecule has 0 aliphatic heterocycles. The van der Waals surface area contributed by atoms with Gasteiger partial charge in [0.1, 0.15) is 11.3 Å². The van der Waals surface area contributed by atoms with Crippen LogP contribution in [-0.4, -0.2) is 59.1 Å². The van der Waals surface area contributed by atoms with Gasteiger partial charge in [-0.25, -0.2) is 0 Å². The molecule has 0 bridgehead atoms. The first-order valence-electron chi connectivity index (χ1n) is 5.43. The molecule has 0 atom stereocenters. The molecule has 0 fully saturated rings. The Morgan fingerprint density at radius 3 is 2.16 bits per heavy atom. The van der Waals surface area contributed by atoms with E-state index in [-0.39, 0.29) is 64.5 Å². The van der Waals surface area contributed by atoms with Crippen LogP contribution in [0.3, 0.4) is 0 Å². The summed E-state index contributed by atoms with van der Waals surface area (Å²) >= 11 is 0. The predicted octanol–water partition coefficient (Wildman–Crippen LogP) is 2.70. The zero-order valence-electron chi connectivity index (χ0n) is 11.1. The summed E-state index contributed by atoms with van der Waals surface area (Å²) in [7, 11) is 0. The van der Waals surface area contributed by atoms with Crippen LogP contribution in [0.25, 0.3) is 22.3 Å². The van der Waals surface area contributed by atoms with E-state index in [1.165, 1.54) is 6.07 Å². The van der Waals surface area contributed by atoms with Gasteiger partial charge in [0.05, 0.1) is 5.39 Å². The molecule has 1 aromatic heterocycles. The Morgan fingerprint density at radius 1 is 0.789 bits per heavy atom. The smallest absolute Gasteiger partial charge is 0.193 e. The molecule has 2 radical (unpaired) electrons. The van der Waals surface area contributed by atoms with Crippen molar-refractivity contribution in [3.8, 4) is 11.3 Å². The van der Waals surface area contributed by atoms with Gasteiger partial charge >= 0.3 is 0 Å². The molecule has 1 heterocycles. The van der Waals surface area contributed by atoms with Crippen molar-refractivity contribution in [3.63, 3.8) is 0 Å². The van der Waals surface area contributed by atoms with Gasteiger partial charge in [0.25, 0.3) is 0 Å². The molecule has 0 aliphatic rings.